The van der Waals surface area contributed by atoms with Crippen molar-refractivity contribution >= 4 is 28.6 Å². The summed E-state index contributed by atoms with van der Waals surface area (Å²) in [6.07, 6.45) is -0.620. The van der Waals surface area contributed by atoms with Gasteiger partial charge in [0.15, 0.2) is 6.10 Å². The minimum absolute atomic E-state index is 0.0330. The Labute approximate surface area is 170 Å². The van der Waals surface area contributed by atoms with Crippen molar-refractivity contribution in [3.8, 4) is 11.5 Å². The fraction of sp³-hybridized carbons (Fsp3) is 0.409. The number of fused-ring (bicyclic) bond motifs is 1. The molecule has 1 amide bonds. The van der Waals surface area contributed by atoms with Gasteiger partial charge in [0.25, 0.3) is 0 Å². The van der Waals surface area contributed by atoms with Gasteiger partial charge in [-0.2, -0.15) is 0 Å². The smallest absolute Gasteiger partial charge is 0.308 e. The molecule has 0 spiro atoms. The molecule has 2 rings (SSSR count). The molecule has 0 saturated carbocycles. The van der Waals surface area contributed by atoms with Crippen LogP contribution in [0.25, 0.3) is 10.8 Å². The first-order valence-electron chi connectivity index (χ1n) is 9.46. The third-order valence-electron chi connectivity index (χ3n) is 4.28. The van der Waals surface area contributed by atoms with Crippen LogP contribution < -0.4 is 9.47 Å². The fourth-order valence-corrected chi connectivity index (χ4v) is 3.08. The van der Waals surface area contributed by atoms with Gasteiger partial charge in [-0.3, -0.25) is 14.4 Å². The minimum Gasteiger partial charge on any atom is -0.489 e. The van der Waals surface area contributed by atoms with Crippen LogP contribution in [0.5, 0.6) is 11.5 Å². The summed E-state index contributed by atoms with van der Waals surface area (Å²) in [5.41, 5.74) is 0. The predicted octanol–water partition coefficient (Wildman–Crippen LogP) is 3.33. The third kappa shape index (κ3) is 6.20. The van der Waals surface area contributed by atoms with Gasteiger partial charge in [-0.05, 0) is 26.0 Å². The van der Waals surface area contributed by atoms with E-state index in [1.165, 1.54) is 20.8 Å². The molecule has 0 fully saturated rings. The number of rotatable bonds is 8. The van der Waals surface area contributed by atoms with Crippen LogP contribution in [-0.2, 0) is 19.1 Å². The average molecular weight is 401 g/mol. The molecule has 7 nitrogen and oxygen atoms in total. The van der Waals surface area contributed by atoms with Gasteiger partial charge >= 0.3 is 11.9 Å². The van der Waals surface area contributed by atoms with Gasteiger partial charge in [0.1, 0.15) is 18.1 Å². The molecule has 1 atom stereocenters. The molecule has 0 heterocycles. The SMILES string of the molecule is CC(=O)Oc1ccc(OCC(CN(C(C)=O)C(C)C)OC(C)=O)c2ccccc12. The summed E-state index contributed by atoms with van der Waals surface area (Å²) >= 11 is 0. The van der Waals surface area contributed by atoms with Crippen molar-refractivity contribution in [2.45, 2.75) is 46.8 Å². The van der Waals surface area contributed by atoms with Gasteiger partial charge in [-0.1, -0.05) is 24.3 Å². The summed E-state index contributed by atoms with van der Waals surface area (Å²) < 4.78 is 16.6. The summed E-state index contributed by atoms with van der Waals surface area (Å²) in [5.74, 6) is 0.0538. The average Bonchev–Trinajstić information content (AvgIpc) is 2.63. The molecule has 0 N–H and O–H groups in total. The maximum absolute atomic E-state index is 11.9. The van der Waals surface area contributed by atoms with Gasteiger partial charge in [0.05, 0.1) is 6.54 Å². The number of carbonyl (C=O) groups is 3. The first kappa shape index (κ1) is 22.2. The van der Waals surface area contributed by atoms with Crippen molar-refractivity contribution in [3.05, 3.63) is 36.4 Å². The Morgan fingerprint density at radius 3 is 2.00 bits per heavy atom. The number of hydrogen-bond acceptors (Lipinski definition) is 6. The van der Waals surface area contributed by atoms with Crippen molar-refractivity contribution in [2.24, 2.45) is 0 Å². The number of carbonyl (C=O) groups excluding carboxylic acids is 3. The topological polar surface area (TPSA) is 82.1 Å². The van der Waals surface area contributed by atoms with Crippen LogP contribution >= 0.6 is 0 Å². The van der Waals surface area contributed by atoms with Crippen molar-refractivity contribution in [2.75, 3.05) is 13.2 Å². The van der Waals surface area contributed by atoms with E-state index in [-0.39, 0.29) is 25.1 Å². The van der Waals surface area contributed by atoms with Gasteiger partial charge in [0, 0.05) is 37.6 Å². The Kier molecular flexibility index (Phi) is 7.59. The summed E-state index contributed by atoms with van der Waals surface area (Å²) in [4.78, 5) is 36.4. The van der Waals surface area contributed by atoms with Gasteiger partial charge in [-0.25, -0.2) is 0 Å². The lowest BCUT2D eigenvalue weighted by atomic mass is 10.1. The zero-order valence-electron chi connectivity index (χ0n) is 17.4. The molecular weight excluding hydrogens is 374 g/mol. The van der Waals surface area contributed by atoms with E-state index in [1.807, 2.05) is 38.1 Å². The van der Waals surface area contributed by atoms with Crippen molar-refractivity contribution in [3.63, 3.8) is 0 Å². The summed E-state index contributed by atoms with van der Waals surface area (Å²) in [6, 6.07) is 10.7. The van der Waals surface area contributed by atoms with E-state index in [4.69, 9.17) is 14.2 Å². The second kappa shape index (κ2) is 9.91. The number of benzene rings is 2. The van der Waals surface area contributed by atoms with Gasteiger partial charge in [0.2, 0.25) is 5.91 Å². The molecule has 29 heavy (non-hydrogen) atoms. The first-order valence-corrected chi connectivity index (χ1v) is 9.46. The molecule has 1 unspecified atom stereocenters. The highest BCUT2D eigenvalue weighted by molar-refractivity contribution is 5.94. The van der Waals surface area contributed by atoms with E-state index < -0.39 is 18.0 Å². The summed E-state index contributed by atoms with van der Waals surface area (Å²) in [5, 5.41) is 1.50. The van der Waals surface area contributed by atoms with Crippen LogP contribution in [0.1, 0.15) is 34.6 Å². The molecule has 0 saturated heterocycles. The Bertz CT molecular complexity index is 892. The maximum Gasteiger partial charge on any atom is 0.308 e. The van der Waals surface area contributed by atoms with Crippen LogP contribution in [0.3, 0.4) is 0 Å². The molecule has 2 aromatic carbocycles. The molecule has 0 radical (unpaired) electrons. The lowest BCUT2D eigenvalue weighted by molar-refractivity contribution is -0.151. The standard InChI is InChI=1S/C22H27NO6/c1-14(2)23(15(3)24)12-18(28-16(4)25)13-27-21-10-11-22(29-17(5)26)20-9-7-6-8-19(20)21/h6-11,14,18H,12-13H2,1-5H3. The fourth-order valence-electron chi connectivity index (χ4n) is 3.08. The first-order chi connectivity index (χ1) is 13.7. The quantitative estimate of drug-likeness (QED) is 0.498. The van der Waals surface area contributed by atoms with E-state index in [0.717, 1.165) is 10.8 Å². The second-order valence-electron chi connectivity index (χ2n) is 7.01. The number of amides is 1. The summed E-state index contributed by atoms with van der Waals surface area (Å²) in [7, 11) is 0. The van der Waals surface area contributed by atoms with E-state index in [9.17, 15) is 14.4 Å². The maximum atomic E-state index is 11.9. The zero-order valence-corrected chi connectivity index (χ0v) is 17.4. The number of ether oxygens (including phenoxy) is 3. The summed E-state index contributed by atoms with van der Waals surface area (Å²) in [6.45, 7) is 8.25. The van der Waals surface area contributed by atoms with Gasteiger partial charge < -0.3 is 19.1 Å². The van der Waals surface area contributed by atoms with Crippen molar-refractivity contribution < 1.29 is 28.6 Å². The van der Waals surface area contributed by atoms with Crippen LogP contribution in [0.15, 0.2) is 36.4 Å². The second-order valence-corrected chi connectivity index (χ2v) is 7.01. The molecule has 0 bridgehead atoms. The Morgan fingerprint density at radius 1 is 0.897 bits per heavy atom. The van der Waals surface area contributed by atoms with Crippen molar-refractivity contribution in [1.82, 2.24) is 4.90 Å². The van der Waals surface area contributed by atoms with Crippen LogP contribution in [0, 0.1) is 0 Å². The highest BCUT2D eigenvalue weighted by Crippen LogP contribution is 2.33. The highest BCUT2D eigenvalue weighted by Gasteiger charge is 2.22. The van der Waals surface area contributed by atoms with E-state index in [2.05, 4.69) is 0 Å². The third-order valence-corrected chi connectivity index (χ3v) is 4.28. The molecular formula is C22H27NO6. The predicted molar refractivity (Wildman–Crippen MR) is 109 cm³/mol. The largest absolute Gasteiger partial charge is 0.489 e. The molecule has 0 aliphatic rings. The number of hydrogen-bond donors (Lipinski definition) is 0. The number of nitrogens with zero attached hydrogens (tertiary/aromatic N) is 1. The van der Waals surface area contributed by atoms with E-state index in [1.54, 1.807) is 17.0 Å². The van der Waals surface area contributed by atoms with E-state index in [0.29, 0.717) is 11.5 Å². The van der Waals surface area contributed by atoms with Crippen LogP contribution in [0.2, 0.25) is 0 Å². The lowest BCUT2D eigenvalue weighted by Gasteiger charge is -2.29. The monoisotopic (exact) mass is 401 g/mol. The Hall–Kier alpha value is -3.09. The molecule has 7 heteroatoms. The minimum atomic E-state index is -0.620. The molecule has 0 aliphatic carbocycles. The normalized spacial score (nSPS) is 11.8. The van der Waals surface area contributed by atoms with Crippen molar-refractivity contribution in [1.29, 1.82) is 0 Å². The van der Waals surface area contributed by atoms with Crippen LogP contribution in [-0.4, -0.2) is 48.0 Å². The Balaban J connectivity index is 2.24. The highest BCUT2D eigenvalue weighted by atomic mass is 16.6. The molecule has 0 aromatic heterocycles. The molecule has 0 aliphatic heterocycles. The number of esters is 2. The molecule has 2 aromatic rings. The Morgan fingerprint density at radius 2 is 1.48 bits per heavy atom. The van der Waals surface area contributed by atoms with E-state index >= 15 is 0 Å². The zero-order chi connectivity index (χ0) is 21.6. The van der Waals surface area contributed by atoms with Gasteiger partial charge in [-0.15, -0.1) is 0 Å². The molecule has 156 valence electrons. The van der Waals surface area contributed by atoms with Crippen LogP contribution in [0.4, 0.5) is 0 Å². The lowest BCUT2D eigenvalue weighted by Crippen LogP contribution is -2.44.